The Kier molecular flexibility index (Phi) is 4.87. The largest absolute Gasteiger partial charge is 0.226 e. The van der Waals surface area contributed by atoms with E-state index in [0.717, 1.165) is 25.8 Å². The maximum Gasteiger partial charge on any atom is 0.136 e. The van der Waals surface area contributed by atoms with E-state index in [9.17, 15) is 0 Å². The van der Waals surface area contributed by atoms with Crippen molar-refractivity contribution >= 4 is 39.3 Å². The normalized spacial score (nSPS) is 11.1. The van der Waals surface area contributed by atoms with Crippen LogP contribution in [0.3, 0.4) is 0 Å². The van der Waals surface area contributed by atoms with Crippen molar-refractivity contribution in [3.63, 3.8) is 0 Å². The first kappa shape index (κ1) is 14.8. The van der Waals surface area contributed by atoms with Crippen LogP contribution in [0.5, 0.6) is 0 Å². The van der Waals surface area contributed by atoms with Crippen LogP contribution in [0.1, 0.15) is 31.2 Å². The van der Waals surface area contributed by atoms with E-state index >= 15 is 0 Å². The molecule has 2 nitrogen and oxygen atoms in total. The van der Waals surface area contributed by atoms with Crippen molar-refractivity contribution in [3.8, 4) is 0 Å². The smallest absolute Gasteiger partial charge is 0.136 e. The van der Waals surface area contributed by atoms with Crippen LogP contribution in [0.15, 0.2) is 38.7 Å². The Morgan fingerprint density at radius 2 is 2.00 bits per heavy atom. The molecule has 1 aromatic carbocycles. The molecule has 0 saturated heterocycles. The lowest BCUT2D eigenvalue weighted by atomic mass is 10.2. The highest BCUT2D eigenvalue weighted by atomic mass is 79.9. The number of aromatic nitrogens is 2. The zero-order valence-corrected chi connectivity index (χ0v) is 14.1. The summed E-state index contributed by atoms with van der Waals surface area (Å²) < 4.78 is 1.05. The highest BCUT2D eigenvalue weighted by Crippen LogP contribution is 2.33. The molecule has 19 heavy (non-hydrogen) atoms. The topological polar surface area (TPSA) is 25.8 Å². The summed E-state index contributed by atoms with van der Waals surface area (Å²) in [6.07, 6.45) is 0. The van der Waals surface area contributed by atoms with E-state index in [4.69, 9.17) is 11.6 Å². The van der Waals surface area contributed by atoms with E-state index in [1.165, 1.54) is 0 Å². The summed E-state index contributed by atoms with van der Waals surface area (Å²) in [6, 6.07) is 8.13. The molecule has 2 rings (SSSR count). The van der Waals surface area contributed by atoms with Gasteiger partial charge in [0.2, 0.25) is 0 Å². The van der Waals surface area contributed by atoms with Gasteiger partial charge in [-0.3, -0.25) is 0 Å². The van der Waals surface area contributed by atoms with Gasteiger partial charge in [-0.25, -0.2) is 9.97 Å². The van der Waals surface area contributed by atoms with Crippen molar-refractivity contribution in [2.24, 2.45) is 0 Å². The van der Waals surface area contributed by atoms with E-state index in [1.807, 2.05) is 19.1 Å². The van der Waals surface area contributed by atoms with Gasteiger partial charge in [-0.15, -0.1) is 0 Å². The molecule has 0 aliphatic heterocycles. The van der Waals surface area contributed by atoms with Gasteiger partial charge < -0.3 is 0 Å². The first-order chi connectivity index (χ1) is 8.97. The van der Waals surface area contributed by atoms with Gasteiger partial charge >= 0.3 is 0 Å². The van der Waals surface area contributed by atoms with E-state index in [2.05, 4.69) is 51.9 Å². The fourth-order valence-corrected chi connectivity index (χ4v) is 3.21. The molecule has 0 unspecified atom stereocenters. The molecular weight excluding hydrogens is 344 g/mol. The molecule has 0 spiro atoms. The maximum absolute atomic E-state index is 6.19. The summed E-state index contributed by atoms with van der Waals surface area (Å²) in [7, 11) is 0. The molecule has 100 valence electrons. The molecule has 0 atom stereocenters. The second-order valence-electron chi connectivity index (χ2n) is 4.52. The number of nitrogens with zero attached hydrogens (tertiary/aromatic N) is 2. The fraction of sp³-hybridized carbons (Fsp3) is 0.286. The number of rotatable bonds is 3. The van der Waals surface area contributed by atoms with E-state index in [0.29, 0.717) is 5.15 Å². The third-order valence-electron chi connectivity index (χ3n) is 2.59. The lowest BCUT2D eigenvalue weighted by Crippen LogP contribution is -2.01. The summed E-state index contributed by atoms with van der Waals surface area (Å²) in [5.74, 6) is 1.05. The Morgan fingerprint density at radius 1 is 1.26 bits per heavy atom. The van der Waals surface area contributed by atoms with E-state index < -0.39 is 0 Å². The van der Waals surface area contributed by atoms with Gasteiger partial charge in [0.15, 0.2) is 0 Å². The van der Waals surface area contributed by atoms with Crippen LogP contribution in [-0.2, 0) is 0 Å². The van der Waals surface area contributed by atoms with Gasteiger partial charge in [-0.2, -0.15) is 0 Å². The Balaban J connectivity index is 2.39. The molecule has 0 fully saturated rings. The number of halogens is 2. The summed E-state index contributed by atoms with van der Waals surface area (Å²) in [5.41, 5.74) is 0.927. The second-order valence-corrected chi connectivity index (χ2v) is 6.85. The van der Waals surface area contributed by atoms with Crippen LogP contribution in [0.4, 0.5) is 0 Å². The van der Waals surface area contributed by atoms with Crippen molar-refractivity contribution in [2.75, 3.05) is 0 Å². The van der Waals surface area contributed by atoms with Crippen LogP contribution < -0.4 is 0 Å². The molecular formula is C14H14BrClN2S. The first-order valence-corrected chi connectivity index (χ1v) is 7.93. The molecule has 0 amide bonds. The van der Waals surface area contributed by atoms with Gasteiger partial charge in [-0.1, -0.05) is 59.2 Å². The maximum atomic E-state index is 6.19. The van der Waals surface area contributed by atoms with Crippen LogP contribution in [-0.4, -0.2) is 9.97 Å². The van der Waals surface area contributed by atoms with E-state index in [-0.39, 0.29) is 5.92 Å². The number of benzene rings is 1. The quantitative estimate of drug-likeness (QED) is 0.681. The van der Waals surface area contributed by atoms with Crippen molar-refractivity contribution in [2.45, 2.75) is 36.6 Å². The van der Waals surface area contributed by atoms with Crippen molar-refractivity contribution in [3.05, 3.63) is 45.3 Å². The molecule has 5 heteroatoms. The van der Waals surface area contributed by atoms with Gasteiger partial charge in [-0.05, 0) is 25.1 Å². The van der Waals surface area contributed by atoms with Crippen LogP contribution in [0.25, 0.3) is 0 Å². The van der Waals surface area contributed by atoms with Crippen molar-refractivity contribution in [1.82, 2.24) is 9.97 Å². The predicted octanol–water partition coefficient (Wildman–Crippen LogP) is 5.48. The Labute approximate surface area is 131 Å². The van der Waals surface area contributed by atoms with Crippen LogP contribution in [0, 0.1) is 6.92 Å². The van der Waals surface area contributed by atoms with Gasteiger partial charge in [0.25, 0.3) is 0 Å². The van der Waals surface area contributed by atoms with Crippen LogP contribution in [0.2, 0.25) is 5.15 Å². The molecule has 0 radical (unpaired) electrons. The molecule has 0 saturated carbocycles. The monoisotopic (exact) mass is 356 g/mol. The second kappa shape index (κ2) is 6.25. The average Bonchev–Trinajstić information content (AvgIpc) is 2.34. The summed E-state index contributed by atoms with van der Waals surface area (Å²) in [5, 5.41) is 1.46. The minimum Gasteiger partial charge on any atom is -0.226 e. The van der Waals surface area contributed by atoms with Crippen molar-refractivity contribution < 1.29 is 0 Å². The number of hydrogen-bond acceptors (Lipinski definition) is 3. The zero-order valence-electron chi connectivity index (χ0n) is 10.9. The Bertz CT molecular complexity index is 602. The Hall–Kier alpha value is -0.580. The van der Waals surface area contributed by atoms with Crippen molar-refractivity contribution in [1.29, 1.82) is 0 Å². The zero-order chi connectivity index (χ0) is 14.0. The lowest BCUT2D eigenvalue weighted by molar-refractivity contribution is 0.747. The standard InChI is InChI=1S/C14H14BrClN2S/c1-8(2)13-17-12(16)9(3)14(18-13)19-11-6-4-5-10(15)7-11/h4-8H,1-3H3. The Morgan fingerprint density at radius 3 is 2.63 bits per heavy atom. The van der Waals surface area contributed by atoms with Gasteiger partial charge in [0.05, 0.1) is 0 Å². The lowest BCUT2D eigenvalue weighted by Gasteiger charge is -2.10. The minimum atomic E-state index is 0.264. The SMILES string of the molecule is Cc1c(Cl)nc(C(C)C)nc1Sc1cccc(Br)c1. The molecule has 0 aliphatic carbocycles. The predicted molar refractivity (Wildman–Crippen MR) is 84.1 cm³/mol. The summed E-state index contributed by atoms with van der Waals surface area (Å²) >= 11 is 11.3. The minimum absolute atomic E-state index is 0.264. The first-order valence-electron chi connectivity index (χ1n) is 5.95. The highest BCUT2D eigenvalue weighted by molar-refractivity contribution is 9.10. The molecule has 2 aromatic rings. The van der Waals surface area contributed by atoms with Crippen LogP contribution >= 0.6 is 39.3 Å². The summed E-state index contributed by atoms with van der Waals surface area (Å²) in [4.78, 5) is 10.1. The van der Waals surface area contributed by atoms with Gasteiger partial charge in [0, 0.05) is 20.8 Å². The molecule has 0 bridgehead atoms. The molecule has 0 N–H and O–H groups in total. The average molecular weight is 358 g/mol. The highest BCUT2D eigenvalue weighted by Gasteiger charge is 2.13. The molecule has 1 aromatic heterocycles. The third kappa shape index (κ3) is 3.71. The fourth-order valence-electron chi connectivity index (χ4n) is 1.49. The number of hydrogen-bond donors (Lipinski definition) is 0. The molecule has 0 aliphatic rings. The molecule has 1 heterocycles. The van der Waals surface area contributed by atoms with E-state index in [1.54, 1.807) is 11.8 Å². The third-order valence-corrected chi connectivity index (χ3v) is 4.53. The summed E-state index contributed by atoms with van der Waals surface area (Å²) in [6.45, 7) is 6.08. The van der Waals surface area contributed by atoms with Gasteiger partial charge in [0.1, 0.15) is 16.0 Å².